The normalized spacial score (nSPS) is 10.8. The predicted molar refractivity (Wildman–Crippen MR) is 85.3 cm³/mol. The number of anilines is 1. The average molecular weight is 298 g/mol. The Morgan fingerprint density at radius 1 is 1.10 bits per heavy atom. The number of hydrogen-bond acceptors (Lipinski definition) is 5. The summed E-state index contributed by atoms with van der Waals surface area (Å²) in [4.78, 5) is 15.1. The zero-order valence-electron chi connectivity index (χ0n) is 11.7. The summed E-state index contributed by atoms with van der Waals surface area (Å²) in [6.45, 7) is 4.11. The molecule has 0 saturated carbocycles. The highest BCUT2D eigenvalue weighted by molar-refractivity contribution is 7.18. The molecule has 0 aliphatic carbocycles. The van der Waals surface area contributed by atoms with E-state index in [2.05, 4.69) is 35.1 Å². The number of nitrogen functional groups attached to an aromatic ring is 1. The Bertz CT molecular complexity index is 866. The second kappa shape index (κ2) is 5.14. The summed E-state index contributed by atoms with van der Waals surface area (Å²) in [6.07, 6.45) is 0. The van der Waals surface area contributed by atoms with Gasteiger partial charge in [-0.2, -0.15) is 0 Å². The molecular weight excluding hydrogens is 284 g/mol. The molecule has 3 rings (SSSR count). The smallest absolute Gasteiger partial charge is 0.258 e. The molecule has 6 heteroatoms. The Morgan fingerprint density at radius 3 is 2.52 bits per heavy atom. The fourth-order valence-corrected chi connectivity index (χ4v) is 2.69. The van der Waals surface area contributed by atoms with Crippen LogP contribution in [-0.2, 0) is 0 Å². The van der Waals surface area contributed by atoms with Gasteiger partial charge >= 0.3 is 0 Å². The van der Waals surface area contributed by atoms with E-state index < -0.39 is 0 Å². The Hall–Kier alpha value is -2.47. The molecule has 0 aliphatic rings. The summed E-state index contributed by atoms with van der Waals surface area (Å²) in [6, 6.07) is 9.73. The maximum absolute atomic E-state index is 12.2. The van der Waals surface area contributed by atoms with Crippen LogP contribution in [0.15, 0.2) is 35.1 Å². The zero-order valence-corrected chi connectivity index (χ0v) is 12.5. The summed E-state index contributed by atoms with van der Waals surface area (Å²) >= 11 is 1.20. The second-order valence-corrected chi connectivity index (χ2v) is 5.87. The van der Waals surface area contributed by atoms with Crippen LogP contribution in [0.2, 0.25) is 0 Å². The molecule has 1 aromatic carbocycles. The fourth-order valence-electron chi connectivity index (χ4n) is 2.06. The molecule has 0 saturated heterocycles. The number of aryl methyl sites for hydroxylation is 2. The Kier molecular flexibility index (Phi) is 3.31. The highest BCUT2D eigenvalue weighted by atomic mass is 32.1. The number of benzene rings is 1. The molecule has 0 aliphatic heterocycles. The largest absolute Gasteiger partial charge is 0.374 e. The molecule has 21 heavy (non-hydrogen) atoms. The fraction of sp³-hybridized carbons (Fsp3) is 0.133. The van der Waals surface area contributed by atoms with Gasteiger partial charge in [0.15, 0.2) is 5.01 Å². The lowest BCUT2D eigenvalue weighted by atomic mass is 10.0. The van der Waals surface area contributed by atoms with Crippen molar-refractivity contribution >= 4 is 16.5 Å². The van der Waals surface area contributed by atoms with Crippen molar-refractivity contribution in [3.05, 3.63) is 51.8 Å². The first-order chi connectivity index (χ1) is 10.0. The summed E-state index contributed by atoms with van der Waals surface area (Å²) in [5, 5.41) is 8.51. The van der Waals surface area contributed by atoms with Gasteiger partial charge in [-0.3, -0.25) is 4.79 Å². The molecular formula is C15H14N4OS. The average Bonchev–Trinajstić information content (AvgIpc) is 2.88. The van der Waals surface area contributed by atoms with Gasteiger partial charge < -0.3 is 10.7 Å². The minimum atomic E-state index is -0.193. The molecule has 3 aromatic rings. The van der Waals surface area contributed by atoms with Crippen LogP contribution >= 0.6 is 11.3 Å². The quantitative estimate of drug-likeness (QED) is 0.762. The van der Waals surface area contributed by atoms with Crippen molar-refractivity contribution in [1.82, 2.24) is 15.2 Å². The van der Waals surface area contributed by atoms with Gasteiger partial charge in [-0.05, 0) is 48.7 Å². The van der Waals surface area contributed by atoms with E-state index in [0.717, 1.165) is 11.3 Å². The molecule has 0 atom stereocenters. The number of aromatic amines is 1. The topological polar surface area (TPSA) is 84.7 Å². The lowest BCUT2D eigenvalue weighted by molar-refractivity contribution is 1.10. The summed E-state index contributed by atoms with van der Waals surface area (Å²) in [5.74, 6) is 0. The van der Waals surface area contributed by atoms with Gasteiger partial charge in [-0.1, -0.05) is 23.5 Å². The zero-order chi connectivity index (χ0) is 15.0. The van der Waals surface area contributed by atoms with Crippen molar-refractivity contribution in [3.8, 4) is 21.8 Å². The van der Waals surface area contributed by atoms with Crippen LogP contribution < -0.4 is 11.3 Å². The van der Waals surface area contributed by atoms with Crippen LogP contribution in [-0.4, -0.2) is 15.2 Å². The molecule has 5 nitrogen and oxygen atoms in total. The van der Waals surface area contributed by atoms with Gasteiger partial charge in [0.1, 0.15) is 0 Å². The standard InChI is InChI=1S/C15H14N4OS/c1-8-3-4-10(7-9(8)2)12-6-5-11(13(20)17-12)14-18-19-15(16)21-14/h3-7H,1-2H3,(H2,16,19)(H,17,20). The SMILES string of the molecule is Cc1ccc(-c2ccc(-c3nnc(N)s3)c(=O)[nH]2)cc1C. The number of H-pyrrole nitrogens is 1. The van der Waals surface area contributed by atoms with E-state index in [1.807, 2.05) is 18.2 Å². The first-order valence-electron chi connectivity index (χ1n) is 6.45. The van der Waals surface area contributed by atoms with Crippen molar-refractivity contribution in [2.24, 2.45) is 0 Å². The first-order valence-corrected chi connectivity index (χ1v) is 7.26. The highest BCUT2D eigenvalue weighted by Gasteiger charge is 2.10. The minimum absolute atomic E-state index is 0.193. The maximum Gasteiger partial charge on any atom is 0.258 e. The number of hydrogen-bond donors (Lipinski definition) is 2. The number of pyridine rings is 1. The summed E-state index contributed by atoms with van der Waals surface area (Å²) in [5.41, 5.74) is 10.0. The van der Waals surface area contributed by atoms with E-state index in [-0.39, 0.29) is 5.56 Å². The molecule has 2 heterocycles. The van der Waals surface area contributed by atoms with E-state index in [0.29, 0.717) is 15.7 Å². The van der Waals surface area contributed by atoms with Gasteiger partial charge in [0.2, 0.25) is 5.13 Å². The third-order valence-corrected chi connectivity index (χ3v) is 4.18. The van der Waals surface area contributed by atoms with Crippen molar-refractivity contribution in [1.29, 1.82) is 0 Å². The van der Waals surface area contributed by atoms with E-state index in [1.165, 1.54) is 22.5 Å². The number of nitrogens with two attached hydrogens (primary N) is 1. The van der Waals surface area contributed by atoms with Crippen LogP contribution in [0, 0.1) is 13.8 Å². The molecule has 106 valence electrons. The van der Waals surface area contributed by atoms with Crippen LogP contribution in [0.3, 0.4) is 0 Å². The molecule has 3 N–H and O–H groups in total. The Labute approximate surface area is 125 Å². The van der Waals surface area contributed by atoms with Gasteiger partial charge in [0.25, 0.3) is 5.56 Å². The maximum atomic E-state index is 12.2. The van der Waals surface area contributed by atoms with Gasteiger partial charge in [-0.25, -0.2) is 0 Å². The van der Waals surface area contributed by atoms with Gasteiger partial charge in [-0.15, -0.1) is 10.2 Å². The van der Waals surface area contributed by atoms with E-state index in [9.17, 15) is 4.79 Å². The monoisotopic (exact) mass is 298 g/mol. The summed E-state index contributed by atoms with van der Waals surface area (Å²) < 4.78 is 0. The van der Waals surface area contributed by atoms with Crippen LogP contribution in [0.1, 0.15) is 11.1 Å². The van der Waals surface area contributed by atoms with Gasteiger partial charge in [0, 0.05) is 5.69 Å². The molecule has 2 aromatic heterocycles. The third-order valence-electron chi connectivity index (χ3n) is 3.40. The first kappa shape index (κ1) is 13.5. The number of aromatic nitrogens is 3. The van der Waals surface area contributed by atoms with Crippen LogP contribution in [0.5, 0.6) is 0 Å². The Balaban J connectivity index is 2.05. The van der Waals surface area contributed by atoms with Crippen LogP contribution in [0.4, 0.5) is 5.13 Å². The van der Waals surface area contributed by atoms with E-state index >= 15 is 0 Å². The van der Waals surface area contributed by atoms with Gasteiger partial charge in [0.05, 0.1) is 5.56 Å². The van der Waals surface area contributed by atoms with Crippen molar-refractivity contribution < 1.29 is 0 Å². The second-order valence-electron chi connectivity index (χ2n) is 4.86. The summed E-state index contributed by atoms with van der Waals surface area (Å²) in [7, 11) is 0. The lowest BCUT2D eigenvalue weighted by Crippen LogP contribution is -2.09. The highest BCUT2D eigenvalue weighted by Crippen LogP contribution is 2.24. The molecule has 0 radical (unpaired) electrons. The Morgan fingerprint density at radius 2 is 1.90 bits per heavy atom. The van der Waals surface area contributed by atoms with Crippen LogP contribution in [0.25, 0.3) is 21.8 Å². The number of nitrogens with one attached hydrogen (secondary N) is 1. The predicted octanol–water partition coefficient (Wildman–Crippen LogP) is 2.76. The molecule has 0 amide bonds. The van der Waals surface area contributed by atoms with Crippen molar-refractivity contribution in [3.63, 3.8) is 0 Å². The molecule has 0 spiro atoms. The van der Waals surface area contributed by atoms with E-state index in [1.54, 1.807) is 6.07 Å². The third kappa shape index (κ3) is 2.57. The lowest BCUT2D eigenvalue weighted by Gasteiger charge is -2.06. The number of rotatable bonds is 2. The van der Waals surface area contributed by atoms with Crippen molar-refractivity contribution in [2.75, 3.05) is 5.73 Å². The van der Waals surface area contributed by atoms with E-state index in [4.69, 9.17) is 5.73 Å². The minimum Gasteiger partial charge on any atom is -0.374 e. The molecule has 0 fully saturated rings. The molecule has 0 bridgehead atoms. The number of nitrogens with zero attached hydrogens (tertiary/aromatic N) is 2. The molecule has 0 unspecified atom stereocenters. The van der Waals surface area contributed by atoms with Crippen molar-refractivity contribution in [2.45, 2.75) is 13.8 Å².